The summed E-state index contributed by atoms with van der Waals surface area (Å²) in [5.74, 6) is -0.188. The van der Waals surface area contributed by atoms with Crippen LogP contribution >= 0.6 is 0 Å². The van der Waals surface area contributed by atoms with E-state index >= 15 is 0 Å². The summed E-state index contributed by atoms with van der Waals surface area (Å²) in [5.41, 5.74) is 2.27. The Balaban J connectivity index is 1.92. The molecule has 1 amide bonds. The van der Waals surface area contributed by atoms with Gasteiger partial charge in [-0.05, 0) is 30.7 Å². The number of carbonyl (C=O) groups excluding carboxylic acids is 1. The first-order valence-electron chi connectivity index (χ1n) is 6.16. The highest BCUT2D eigenvalue weighted by atomic mass is 16.1. The quantitative estimate of drug-likeness (QED) is 0.856. The lowest BCUT2D eigenvalue weighted by atomic mass is 10.2. The summed E-state index contributed by atoms with van der Waals surface area (Å²) in [7, 11) is 0. The van der Waals surface area contributed by atoms with Crippen molar-refractivity contribution in [3.05, 3.63) is 54.1 Å². The normalized spacial score (nSPS) is 9.95. The van der Waals surface area contributed by atoms with Crippen LogP contribution in [0.4, 0.5) is 5.69 Å². The molecule has 0 aliphatic heterocycles. The molecule has 19 heavy (non-hydrogen) atoms. The average Bonchev–Trinajstić information content (AvgIpc) is 2.47. The van der Waals surface area contributed by atoms with E-state index in [1.54, 1.807) is 24.7 Å². The van der Waals surface area contributed by atoms with Crippen LogP contribution in [0.1, 0.15) is 23.0 Å². The van der Waals surface area contributed by atoms with Gasteiger partial charge in [0.05, 0.1) is 11.9 Å². The molecule has 0 fully saturated rings. The van der Waals surface area contributed by atoms with Crippen molar-refractivity contribution in [1.29, 1.82) is 0 Å². The maximum absolute atomic E-state index is 11.9. The highest BCUT2D eigenvalue weighted by Gasteiger charge is 2.06. The summed E-state index contributed by atoms with van der Waals surface area (Å²) in [5, 5.41) is 5.93. The van der Waals surface area contributed by atoms with Crippen LogP contribution in [0.25, 0.3) is 0 Å². The zero-order valence-corrected chi connectivity index (χ0v) is 10.8. The summed E-state index contributed by atoms with van der Waals surface area (Å²) < 4.78 is 0. The van der Waals surface area contributed by atoms with Gasteiger partial charge in [0.2, 0.25) is 0 Å². The van der Waals surface area contributed by atoms with Gasteiger partial charge in [-0.2, -0.15) is 0 Å². The first-order chi connectivity index (χ1) is 9.29. The predicted molar refractivity (Wildman–Crippen MR) is 73.8 cm³/mol. The fourth-order valence-corrected chi connectivity index (χ4v) is 1.61. The number of aromatic nitrogens is 2. The molecule has 2 aromatic rings. The number of amides is 1. The van der Waals surface area contributed by atoms with Gasteiger partial charge in [0, 0.05) is 25.5 Å². The molecule has 0 saturated carbocycles. The van der Waals surface area contributed by atoms with E-state index in [0.717, 1.165) is 17.8 Å². The minimum absolute atomic E-state index is 0.188. The van der Waals surface area contributed by atoms with E-state index in [1.165, 1.54) is 0 Å². The van der Waals surface area contributed by atoms with Crippen LogP contribution < -0.4 is 10.6 Å². The first kappa shape index (κ1) is 13.0. The lowest BCUT2D eigenvalue weighted by molar-refractivity contribution is 0.0946. The van der Waals surface area contributed by atoms with Crippen molar-refractivity contribution in [2.24, 2.45) is 0 Å². The Kier molecular flexibility index (Phi) is 4.44. The van der Waals surface area contributed by atoms with E-state index in [0.29, 0.717) is 12.2 Å². The standard InChI is InChI=1S/C14H16N4O/c1-2-16-12-5-6-13(17-10-12)14(19)18-9-11-4-3-7-15-8-11/h3-8,10,16H,2,9H2,1H3,(H,18,19). The average molecular weight is 256 g/mol. The number of anilines is 1. The maximum atomic E-state index is 11.9. The summed E-state index contributed by atoms with van der Waals surface area (Å²) in [6.45, 7) is 3.28. The molecule has 0 saturated heterocycles. The molecule has 0 bridgehead atoms. The molecular formula is C14H16N4O. The Morgan fingerprint density at radius 3 is 2.79 bits per heavy atom. The Morgan fingerprint density at radius 1 is 1.26 bits per heavy atom. The number of carbonyl (C=O) groups is 1. The van der Waals surface area contributed by atoms with Crippen LogP contribution in [-0.2, 0) is 6.54 Å². The number of pyridine rings is 2. The van der Waals surface area contributed by atoms with E-state index in [-0.39, 0.29) is 5.91 Å². The minimum Gasteiger partial charge on any atom is -0.384 e. The molecule has 2 rings (SSSR count). The molecule has 2 heterocycles. The molecule has 0 aliphatic carbocycles. The van der Waals surface area contributed by atoms with E-state index in [4.69, 9.17) is 0 Å². The molecule has 2 N–H and O–H groups in total. The third-order valence-corrected chi connectivity index (χ3v) is 2.55. The summed E-state index contributed by atoms with van der Waals surface area (Å²) in [6, 6.07) is 7.30. The molecule has 0 aliphatic rings. The van der Waals surface area contributed by atoms with Gasteiger partial charge in [-0.25, -0.2) is 4.98 Å². The molecule has 0 aromatic carbocycles. The largest absolute Gasteiger partial charge is 0.384 e. The van der Waals surface area contributed by atoms with Crippen LogP contribution in [0.3, 0.4) is 0 Å². The zero-order valence-electron chi connectivity index (χ0n) is 10.8. The summed E-state index contributed by atoms with van der Waals surface area (Å²) in [4.78, 5) is 20.0. The highest BCUT2D eigenvalue weighted by Crippen LogP contribution is 2.05. The molecule has 0 unspecified atom stereocenters. The molecule has 2 aromatic heterocycles. The summed E-state index contributed by atoms with van der Waals surface area (Å²) in [6.07, 6.45) is 5.08. The fourth-order valence-electron chi connectivity index (χ4n) is 1.61. The van der Waals surface area contributed by atoms with Crippen molar-refractivity contribution in [3.8, 4) is 0 Å². The first-order valence-corrected chi connectivity index (χ1v) is 6.16. The topological polar surface area (TPSA) is 66.9 Å². The minimum atomic E-state index is -0.188. The van der Waals surface area contributed by atoms with Crippen LogP contribution in [0, 0.1) is 0 Å². The Morgan fingerprint density at radius 2 is 2.16 bits per heavy atom. The van der Waals surface area contributed by atoms with Gasteiger partial charge in [-0.1, -0.05) is 6.07 Å². The molecule has 98 valence electrons. The van der Waals surface area contributed by atoms with Gasteiger partial charge in [-0.15, -0.1) is 0 Å². The van der Waals surface area contributed by atoms with Crippen molar-refractivity contribution in [2.45, 2.75) is 13.5 Å². The SMILES string of the molecule is CCNc1ccc(C(=O)NCc2cccnc2)nc1. The van der Waals surface area contributed by atoms with Crippen LogP contribution in [0.2, 0.25) is 0 Å². The van der Waals surface area contributed by atoms with Gasteiger partial charge in [0.1, 0.15) is 5.69 Å². The molecular weight excluding hydrogens is 240 g/mol. The third-order valence-electron chi connectivity index (χ3n) is 2.55. The molecule has 5 nitrogen and oxygen atoms in total. The molecule has 0 spiro atoms. The van der Waals surface area contributed by atoms with Crippen LogP contribution in [0.15, 0.2) is 42.9 Å². The van der Waals surface area contributed by atoms with Gasteiger partial charge in [-0.3, -0.25) is 9.78 Å². The molecule has 0 atom stereocenters. The third kappa shape index (κ3) is 3.77. The van der Waals surface area contributed by atoms with Crippen molar-refractivity contribution in [2.75, 3.05) is 11.9 Å². The smallest absolute Gasteiger partial charge is 0.270 e. The number of nitrogens with one attached hydrogen (secondary N) is 2. The second-order valence-corrected chi connectivity index (χ2v) is 4.01. The number of rotatable bonds is 5. The highest BCUT2D eigenvalue weighted by molar-refractivity contribution is 5.92. The van der Waals surface area contributed by atoms with Crippen molar-refractivity contribution >= 4 is 11.6 Å². The summed E-state index contributed by atoms with van der Waals surface area (Å²) >= 11 is 0. The maximum Gasteiger partial charge on any atom is 0.270 e. The fraction of sp³-hybridized carbons (Fsp3) is 0.214. The van der Waals surface area contributed by atoms with Gasteiger partial charge in [0.15, 0.2) is 0 Å². The van der Waals surface area contributed by atoms with Gasteiger partial charge >= 0.3 is 0 Å². The van der Waals surface area contributed by atoms with Crippen molar-refractivity contribution < 1.29 is 4.79 Å². The van der Waals surface area contributed by atoms with Crippen molar-refractivity contribution in [1.82, 2.24) is 15.3 Å². The van der Waals surface area contributed by atoms with E-state index in [1.807, 2.05) is 25.1 Å². The Hall–Kier alpha value is -2.43. The second-order valence-electron chi connectivity index (χ2n) is 4.01. The number of nitrogens with zero attached hydrogens (tertiary/aromatic N) is 2. The molecule has 0 radical (unpaired) electrons. The van der Waals surface area contributed by atoms with Crippen molar-refractivity contribution in [3.63, 3.8) is 0 Å². The Bertz CT molecular complexity index is 525. The predicted octanol–water partition coefficient (Wildman–Crippen LogP) is 1.84. The zero-order chi connectivity index (χ0) is 13.5. The van der Waals surface area contributed by atoms with E-state index in [2.05, 4.69) is 20.6 Å². The van der Waals surface area contributed by atoms with Crippen LogP contribution in [-0.4, -0.2) is 22.4 Å². The van der Waals surface area contributed by atoms with E-state index in [9.17, 15) is 4.79 Å². The van der Waals surface area contributed by atoms with Gasteiger partial charge < -0.3 is 10.6 Å². The monoisotopic (exact) mass is 256 g/mol. The molecule has 5 heteroatoms. The Labute approximate surface area is 112 Å². The number of hydrogen-bond donors (Lipinski definition) is 2. The van der Waals surface area contributed by atoms with Crippen LogP contribution in [0.5, 0.6) is 0 Å². The number of hydrogen-bond acceptors (Lipinski definition) is 4. The second kappa shape index (κ2) is 6.49. The van der Waals surface area contributed by atoms with Gasteiger partial charge in [0.25, 0.3) is 5.91 Å². The lowest BCUT2D eigenvalue weighted by Gasteiger charge is -2.06. The lowest BCUT2D eigenvalue weighted by Crippen LogP contribution is -2.23. The van der Waals surface area contributed by atoms with E-state index < -0.39 is 0 Å².